The monoisotopic (exact) mass is 293 g/mol. The predicted molar refractivity (Wildman–Crippen MR) is 88.9 cm³/mol. The molecule has 2 aromatic rings. The van der Waals surface area contributed by atoms with Crippen LogP contribution in [0.25, 0.3) is 0 Å². The molecule has 1 aromatic heterocycles. The third-order valence-electron chi connectivity index (χ3n) is 3.77. The van der Waals surface area contributed by atoms with E-state index in [-0.39, 0.29) is 0 Å². The molecule has 1 atom stereocenters. The lowest BCUT2D eigenvalue weighted by Crippen LogP contribution is -2.43. The molecule has 0 aliphatic rings. The lowest BCUT2D eigenvalue weighted by molar-refractivity contribution is 0.100. The molecule has 1 unspecified atom stereocenters. The summed E-state index contributed by atoms with van der Waals surface area (Å²) in [5.74, 6) is 2.77. The van der Waals surface area contributed by atoms with E-state index >= 15 is 0 Å². The van der Waals surface area contributed by atoms with Gasteiger partial charge in [0.25, 0.3) is 5.91 Å². The summed E-state index contributed by atoms with van der Waals surface area (Å²) in [6.07, 6.45) is 8.10. The minimum absolute atomic E-state index is 0.348. The van der Waals surface area contributed by atoms with Crippen molar-refractivity contribution in [3.8, 4) is 12.3 Å². The van der Waals surface area contributed by atoms with Crippen LogP contribution in [-0.2, 0) is 0 Å². The van der Waals surface area contributed by atoms with Crippen LogP contribution in [0.1, 0.15) is 30.6 Å². The molecule has 0 aliphatic heterocycles. The number of pyridine rings is 1. The van der Waals surface area contributed by atoms with Crippen LogP contribution in [0.3, 0.4) is 0 Å². The van der Waals surface area contributed by atoms with Gasteiger partial charge < -0.3 is 10.6 Å². The fourth-order valence-corrected chi connectivity index (χ4v) is 2.31. The highest BCUT2D eigenvalue weighted by Crippen LogP contribution is 2.35. The standard InChI is InChI=1S/C18H19N3O/c1-4-18(3,5-2)21(14-10-7-6-8-11-14)17-15(16(19)22)12-9-13-20-17/h1,6-13H,5H2,2-3H3,(H2,19,22). The second kappa shape index (κ2) is 6.31. The molecule has 1 amide bonds. The Morgan fingerprint density at radius 3 is 2.55 bits per heavy atom. The molecule has 0 saturated heterocycles. The van der Waals surface area contributed by atoms with Crippen molar-refractivity contribution < 1.29 is 4.79 Å². The van der Waals surface area contributed by atoms with Gasteiger partial charge in [0.05, 0.1) is 5.56 Å². The van der Waals surface area contributed by atoms with Gasteiger partial charge in [-0.05, 0) is 37.6 Å². The van der Waals surface area contributed by atoms with Gasteiger partial charge in [0.2, 0.25) is 0 Å². The van der Waals surface area contributed by atoms with E-state index in [2.05, 4.69) is 10.9 Å². The van der Waals surface area contributed by atoms with Crippen LogP contribution in [0.15, 0.2) is 48.7 Å². The Labute approximate surface area is 131 Å². The first kappa shape index (κ1) is 15.6. The topological polar surface area (TPSA) is 59.2 Å². The summed E-state index contributed by atoms with van der Waals surface area (Å²) in [6.45, 7) is 3.95. The molecule has 0 saturated carbocycles. The maximum absolute atomic E-state index is 11.8. The van der Waals surface area contributed by atoms with Gasteiger partial charge >= 0.3 is 0 Å². The van der Waals surface area contributed by atoms with Crippen molar-refractivity contribution in [2.45, 2.75) is 25.8 Å². The molecule has 0 spiro atoms. The number of nitrogens with zero attached hydrogens (tertiary/aromatic N) is 2. The van der Waals surface area contributed by atoms with Crippen molar-refractivity contribution in [2.75, 3.05) is 4.90 Å². The Morgan fingerprint density at radius 2 is 2.00 bits per heavy atom. The van der Waals surface area contributed by atoms with E-state index in [0.29, 0.717) is 17.8 Å². The predicted octanol–water partition coefficient (Wildman–Crippen LogP) is 3.12. The molecular weight excluding hydrogens is 274 g/mol. The average Bonchev–Trinajstić information content (AvgIpc) is 2.56. The minimum atomic E-state index is -0.625. The number of hydrogen-bond acceptors (Lipinski definition) is 3. The van der Waals surface area contributed by atoms with Crippen LogP contribution >= 0.6 is 0 Å². The molecule has 2 N–H and O–H groups in total. The van der Waals surface area contributed by atoms with Gasteiger partial charge in [0.15, 0.2) is 0 Å². The summed E-state index contributed by atoms with van der Waals surface area (Å²) in [4.78, 5) is 18.0. The summed E-state index contributed by atoms with van der Waals surface area (Å²) < 4.78 is 0. The number of para-hydroxylation sites is 1. The smallest absolute Gasteiger partial charge is 0.252 e. The van der Waals surface area contributed by atoms with Crippen LogP contribution in [-0.4, -0.2) is 16.4 Å². The number of terminal acetylenes is 1. The van der Waals surface area contributed by atoms with Gasteiger partial charge in [0.1, 0.15) is 11.4 Å². The molecule has 112 valence electrons. The van der Waals surface area contributed by atoms with E-state index < -0.39 is 11.4 Å². The average molecular weight is 293 g/mol. The Balaban J connectivity index is 2.71. The van der Waals surface area contributed by atoms with Crippen molar-refractivity contribution in [1.29, 1.82) is 0 Å². The summed E-state index contributed by atoms with van der Waals surface area (Å²) in [6, 6.07) is 13.0. The molecular formula is C18H19N3O. The first-order valence-electron chi connectivity index (χ1n) is 7.11. The Morgan fingerprint density at radius 1 is 1.32 bits per heavy atom. The normalized spacial score (nSPS) is 13.0. The number of hydrogen-bond donors (Lipinski definition) is 1. The maximum atomic E-state index is 11.8. The van der Waals surface area contributed by atoms with Crippen LogP contribution in [0.5, 0.6) is 0 Å². The fourth-order valence-electron chi connectivity index (χ4n) is 2.31. The molecule has 0 aliphatic carbocycles. The third kappa shape index (κ3) is 2.79. The number of nitrogens with two attached hydrogens (primary N) is 1. The van der Waals surface area contributed by atoms with E-state index in [1.165, 1.54) is 0 Å². The molecule has 22 heavy (non-hydrogen) atoms. The Bertz CT molecular complexity index is 706. The molecule has 0 bridgehead atoms. The van der Waals surface area contributed by atoms with Gasteiger partial charge in [-0.1, -0.05) is 31.0 Å². The first-order valence-corrected chi connectivity index (χ1v) is 7.11. The maximum Gasteiger partial charge on any atom is 0.252 e. The Hall–Kier alpha value is -2.80. The number of rotatable bonds is 5. The molecule has 0 fully saturated rings. The van der Waals surface area contributed by atoms with Crippen LogP contribution in [0.4, 0.5) is 11.5 Å². The second-order valence-electron chi connectivity index (χ2n) is 5.18. The highest BCUT2D eigenvalue weighted by atomic mass is 16.1. The summed E-state index contributed by atoms with van der Waals surface area (Å²) in [7, 11) is 0. The molecule has 4 nitrogen and oxygen atoms in total. The van der Waals surface area contributed by atoms with Gasteiger partial charge in [-0.3, -0.25) is 4.79 Å². The molecule has 0 radical (unpaired) electrons. The van der Waals surface area contributed by atoms with Gasteiger partial charge in [-0.25, -0.2) is 4.98 Å². The van der Waals surface area contributed by atoms with E-state index in [0.717, 1.165) is 5.69 Å². The number of carbonyl (C=O) groups excluding carboxylic acids is 1. The number of aromatic nitrogens is 1. The first-order chi connectivity index (χ1) is 10.5. The summed E-state index contributed by atoms with van der Waals surface area (Å²) in [5, 5.41) is 0. The van der Waals surface area contributed by atoms with E-state index in [9.17, 15) is 4.79 Å². The van der Waals surface area contributed by atoms with Crippen molar-refractivity contribution in [3.63, 3.8) is 0 Å². The number of primary amides is 1. The van der Waals surface area contributed by atoms with Gasteiger partial charge in [-0.2, -0.15) is 0 Å². The quantitative estimate of drug-likeness (QED) is 0.862. The van der Waals surface area contributed by atoms with E-state index in [4.69, 9.17) is 12.2 Å². The van der Waals surface area contributed by atoms with Crippen molar-refractivity contribution in [1.82, 2.24) is 4.98 Å². The molecule has 1 aromatic carbocycles. The summed E-state index contributed by atoms with van der Waals surface area (Å²) in [5.41, 5.74) is 6.09. The van der Waals surface area contributed by atoms with Gasteiger partial charge in [-0.15, -0.1) is 6.42 Å². The number of anilines is 2. The Kier molecular flexibility index (Phi) is 4.47. The van der Waals surface area contributed by atoms with Crippen LogP contribution < -0.4 is 10.6 Å². The largest absolute Gasteiger partial charge is 0.365 e. The lowest BCUT2D eigenvalue weighted by Gasteiger charge is -2.38. The van der Waals surface area contributed by atoms with Crippen LogP contribution in [0, 0.1) is 12.3 Å². The third-order valence-corrected chi connectivity index (χ3v) is 3.77. The SMILES string of the molecule is C#CC(C)(CC)N(c1ccccc1)c1ncccc1C(N)=O. The zero-order chi connectivity index (χ0) is 16.2. The van der Waals surface area contributed by atoms with Gasteiger partial charge in [0, 0.05) is 11.9 Å². The van der Waals surface area contributed by atoms with Crippen molar-refractivity contribution in [2.24, 2.45) is 5.73 Å². The number of amides is 1. The lowest BCUT2D eigenvalue weighted by atomic mass is 9.95. The van der Waals surface area contributed by atoms with E-state index in [1.54, 1.807) is 18.3 Å². The summed E-state index contributed by atoms with van der Waals surface area (Å²) >= 11 is 0. The second-order valence-corrected chi connectivity index (χ2v) is 5.18. The zero-order valence-corrected chi connectivity index (χ0v) is 12.8. The zero-order valence-electron chi connectivity index (χ0n) is 12.8. The van der Waals surface area contributed by atoms with Crippen LogP contribution in [0.2, 0.25) is 0 Å². The number of carbonyl (C=O) groups is 1. The minimum Gasteiger partial charge on any atom is -0.365 e. The molecule has 1 heterocycles. The highest BCUT2D eigenvalue weighted by molar-refractivity contribution is 5.98. The highest BCUT2D eigenvalue weighted by Gasteiger charge is 2.32. The number of benzene rings is 1. The van der Waals surface area contributed by atoms with Crippen molar-refractivity contribution >= 4 is 17.4 Å². The molecule has 2 rings (SSSR count). The van der Waals surface area contributed by atoms with E-state index in [1.807, 2.05) is 49.1 Å². The molecule has 4 heteroatoms. The fraction of sp³-hybridized carbons (Fsp3) is 0.222. The van der Waals surface area contributed by atoms with Crippen molar-refractivity contribution in [3.05, 3.63) is 54.2 Å².